The molecule has 0 aliphatic rings. The summed E-state index contributed by atoms with van der Waals surface area (Å²) < 4.78 is 6.75. The number of fused-ring (bicyclic) bond motifs is 4. The van der Waals surface area contributed by atoms with Gasteiger partial charge in [0.2, 0.25) is 0 Å². The number of rotatable bonds is 1. The molecule has 0 amide bonds. The maximum atomic E-state index is 6.01. The molecule has 0 saturated carbocycles. The summed E-state index contributed by atoms with van der Waals surface area (Å²) in [5.41, 5.74) is 4.76. The standard InChI is InChI=1S/C20H11IN2O/c21-20-22-15-9-3-1-6-12(15)19(23-20)14-8-5-11-17-18(14)13-7-2-4-10-16(13)24-17/h1-11H. The summed E-state index contributed by atoms with van der Waals surface area (Å²) in [4.78, 5) is 9.29. The number of benzene rings is 3. The molecule has 0 spiro atoms. The van der Waals surface area contributed by atoms with Crippen molar-refractivity contribution in [2.45, 2.75) is 0 Å². The Labute approximate surface area is 151 Å². The van der Waals surface area contributed by atoms with Gasteiger partial charge in [-0.25, -0.2) is 9.97 Å². The second kappa shape index (κ2) is 5.27. The molecule has 0 N–H and O–H groups in total. The molecule has 0 radical (unpaired) electrons. The molecular weight excluding hydrogens is 411 g/mol. The SMILES string of the molecule is Ic1nc(-c2cccc3oc4ccccc4c23)c2ccccc2n1. The van der Waals surface area contributed by atoms with Gasteiger partial charge in [-0.05, 0) is 18.2 Å². The maximum absolute atomic E-state index is 6.01. The van der Waals surface area contributed by atoms with Gasteiger partial charge in [-0.2, -0.15) is 0 Å². The predicted molar refractivity (Wildman–Crippen MR) is 105 cm³/mol. The van der Waals surface area contributed by atoms with Crippen molar-refractivity contribution in [3.8, 4) is 11.3 Å². The van der Waals surface area contributed by atoms with Crippen molar-refractivity contribution in [2.75, 3.05) is 0 Å². The third-order valence-corrected chi connectivity index (χ3v) is 4.72. The van der Waals surface area contributed by atoms with Crippen LogP contribution in [0.3, 0.4) is 0 Å². The Hall–Kier alpha value is -2.47. The normalized spacial score (nSPS) is 11.5. The first kappa shape index (κ1) is 13.9. The minimum atomic E-state index is 0.742. The van der Waals surface area contributed by atoms with Gasteiger partial charge >= 0.3 is 0 Å². The lowest BCUT2D eigenvalue weighted by Crippen LogP contribution is -1.94. The van der Waals surface area contributed by atoms with Crippen LogP contribution >= 0.6 is 22.6 Å². The fourth-order valence-corrected chi connectivity index (χ4v) is 3.73. The largest absolute Gasteiger partial charge is 0.456 e. The molecule has 24 heavy (non-hydrogen) atoms. The Morgan fingerprint density at radius 1 is 0.708 bits per heavy atom. The summed E-state index contributed by atoms with van der Waals surface area (Å²) in [5.74, 6) is 0. The highest BCUT2D eigenvalue weighted by molar-refractivity contribution is 14.1. The first-order valence-electron chi connectivity index (χ1n) is 7.64. The van der Waals surface area contributed by atoms with E-state index in [4.69, 9.17) is 9.40 Å². The van der Waals surface area contributed by atoms with E-state index < -0.39 is 0 Å². The number of furan rings is 1. The highest BCUT2D eigenvalue weighted by atomic mass is 127. The van der Waals surface area contributed by atoms with E-state index in [1.807, 2.05) is 48.5 Å². The Balaban J connectivity index is 1.97. The van der Waals surface area contributed by atoms with Crippen LogP contribution in [-0.4, -0.2) is 9.97 Å². The molecule has 0 aliphatic carbocycles. The van der Waals surface area contributed by atoms with E-state index in [-0.39, 0.29) is 0 Å². The Morgan fingerprint density at radius 2 is 1.46 bits per heavy atom. The quantitative estimate of drug-likeness (QED) is 0.253. The van der Waals surface area contributed by atoms with Crippen LogP contribution in [0.4, 0.5) is 0 Å². The lowest BCUT2D eigenvalue weighted by atomic mass is 10.0. The summed E-state index contributed by atoms with van der Waals surface area (Å²) in [6, 6.07) is 22.4. The summed E-state index contributed by atoms with van der Waals surface area (Å²) in [6.45, 7) is 0. The van der Waals surface area contributed by atoms with Crippen LogP contribution < -0.4 is 0 Å². The minimum Gasteiger partial charge on any atom is -0.456 e. The van der Waals surface area contributed by atoms with E-state index in [2.05, 4.69) is 45.8 Å². The van der Waals surface area contributed by atoms with Gasteiger partial charge < -0.3 is 4.42 Å². The molecule has 2 heterocycles. The number of nitrogens with zero attached hydrogens (tertiary/aromatic N) is 2. The summed E-state index contributed by atoms with van der Waals surface area (Å²) in [7, 11) is 0. The lowest BCUT2D eigenvalue weighted by molar-refractivity contribution is 0.669. The van der Waals surface area contributed by atoms with Gasteiger partial charge in [0, 0.05) is 44.3 Å². The number of para-hydroxylation sites is 2. The Bertz CT molecular complexity index is 1230. The van der Waals surface area contributed by atoms with E-state index in [0.717, 1.165) is 47.9 Å². The molecule has 5 aromatic rings. The third-order valence-electron chi connectivity index (χ3n) is 4.23. The predicted octanol–water partition coefficient (Wildman–Crippen LogP) is 5.80. The van der Waals surface area contributed by atoms with E-state index in [9.17, 15) is 0 Å². The minimum absolute atomic E-state index is 0.742. The van der Waals surface area contributed by atoms with Gasteiger partial charge in [0.25, 0.3) is 0 Å². The fourth-order valence-electron chi connectivity index (χ4n) is 3.23. The highest BCUT2D eigenvalue weighted by Gasteiger charge is 2.15. The van der Waals surface area contributed by atoms with Crippen molar-refractivity contribution < 1.29 is 4.42 Å². The smallest absolute Gasteiger partial charge is 0.191 e. The number of halogens is 1. The van der Waals surface area contributed by atoms with Gasteiger partial charge in [-0.3, -0.25) is 0 Å². The average molecular weight is 422 g/mol. The van der Waals surface area contributed by atoms with Crippen LogP contribution in [0.2, 0.25) is 0 Å². The van der Waals surface area contributed by atoms with Gasteiger partial charge in [-0.1, -0.05) is 48.5 Å². The monoisotopic (exact) mass is 422 g/mol. The molecule has 0 fully saturated rings. The summed E-state index contributed by atoms with van der Waals surface area (Å²) in [6.07, 6.45) is 0. The van der Waals surface area contributed by atoms with Crippen LogP contribution in [0.5, 0.6) is 0 Å². The third kappa shape index (κ3) is 2.03. The van der Waals surface area contributed by atoms with Crippen LogP contribution in [0.1, 0.15) is 0 Å². The molecule has 0 bridgehead atoms. The molecule has 2 aromatic heterocycles. The second-order valence-corrected chi connectivity index (χ2v) is 6.60. The number of hydrogen-bond donors (Lipinski definition) is 0. The Morgan fingerprint density at radius 3 is 2.38 bits per heavy atom. The molecule has 4 heteroatoms. The zero-order valence-electron chi connectivity index (χ0n) is 12.5. The number of hydrogen-bond acceptors (Lipinski definition) is 3. The van der Waals surface area contributed by atoms with Crippen LogP contribution in [0, 0.1) is 3.83 Å². The van der Waals surface area contributed by atoms with Crippen molar-refractivity contribution in [2.24, 2.45) is 0 Å². The molecule has 3 aromatic carbocycles. The van der Waals surface area contributed by atoms with E-state index in [0.29, 0.717) is 0 Å². The van der Waals surface area contributed by atoms with Crippen molar-refractivity contribution >= 4 is 55.4 Å². The summed E-state index contributed by atoms with van der Waals surface area (Å²) >= 11 is 2.17. The molecule has 0 saturated heterocycles. The molecule has 0 unspecified atom stereocenters. The molecule has 5 rings (SSSR count). The van der Waals surface area contributed by atoms with E-state index in [1.165, 1.54) is 0 Å². The maximum Gasteiger partial charge on any atom is 0.191 e. The molecular formula is C20H11IN2O. The lowest BCUT2D eigenvalue weighted by Gasteiger charge is -2.07. The van der Waals surface area contributed by atoms with Crippen molar-refractivity contribution in [3.05, 3.63) is 70.6 Å². The Kier molecular flexibility index (Phi) is 3.06. The zero-order valence-corrected chi connectivity index (χ0v) is 14.7. The summed E-state index contributed by atoms with van der Waals surface area (Å²) in [5, 5.41) is 3.27. The van der Waals surface area contributed by atoms with Gasteiger partial charge in [-0.15, -0.1) is 0 Å². The average Bonchev–Trinajstić information content (AvgIpc) is 2.99. The van der Waals surface area contributed by atoms with Gasteiger partial charge in [0.05, 0.1) is 11.2 Å². The first-order valence-corrected chi connectivity index (χ1v) is 8.72. The van der Waals surface area contributed by atoms with Crippen molar-refractivity contribution in [3.63, 3.8) is 0 Å². The molecule has 0 aliphatic heterocycles. The van der Waals surface area contributed by atoms with Crippen molar-refractivity contribution in [1.29, 1.82) is 0 Å². The molecule has 114 valence electrons. The van der Waals surface area contributed by atoms with Crippen LogP contribution in [0.15, 0.2) is 71.1 Å². The first-order chi connectivity index (χ1) is 11.8. The highest BCUT2D eigenvalue weighted by Crippen LogP contribution is 2.37. The van der Waals surface area contributed by atoms with E-state index >= 15 is 0 Å². The molecule has 3 nitrogen and oxygen atoms in total. The van der Waals surface area contributed by atoms with Crippen LogP contribution in [0.25, 0.3) is 44.1 Å². The molecule has 0 atom stereocenters. The van der Waals surface area contributed by atoms with Gasteiger partial charge in [0.1, 0.15) is 11.2 Å². The van der Waals surface area contributed by atoms with Gasteiger partial charge in [0.15, 0.2) is 3.83 Å². The van der Waals surface area contributed by atoms with Crippen LogP contribution in [-0.2, 0) is 0 Å². The van der Waals surface area contributed by atoms with E-state index in [1.54, 1.807) is 0 Å². The zero-order chi connectivity index (χ0) is 16.1. The topological polar surface area (TPSA) is 38.9 Å². The second-order valence-electron chi connectivity index (χ2n) is 5.64. The fraction of sp³-hybridized carbons (Fsp3) is 0. The number of aromatic nitrogens is 2. The van der Waals surface area contributed by atoms with Crippen molar-refractivity contribution in [1.82, 2.24) is 9.97 Å².